The lowest BCUT2D eigenvalue weighted by Crippen LogP contribution is -2.62. The summed E-state index contributed by atoms with van der Waals surface area (Å²) in [6, 6.07) is 0. The lowest BCUT2D eigenvalue weighted by Gasteiger charge is -2.41. The van der Waals surface area contributed by atoms with Crippen LogP contribution in [0.4, 0.5) is 0 Å². The molecule has 3 fully saturated rings. The maximum Gasteiger partial charge on any atom is 0.283 e. The maximum atomic E-state index is 11.6. The Morgan fingerprint density at radius 2 is 2.11 bits per heavy atom. The van der Waals surface area contributed by atoms with E-state index in [0.717, 1.165) is 0 Å². The summed E-state index contributed by atoms with van der Waals surface area (Å²) in [7, 11) is 0. The molecule has 18 heavy (non-hydrogen) atoms. The second-order valence-electron chi connectivity index (χ2n) is 4.89. The second kappa shape index (κ2) is 3.90. The van der Waals surface area contributed by atoms with Gasteiger partial charge in [0.1, 0.15) is 0 Å². The Balaban J connectivity index is 2.09. The van der Waals surface area contributed by atoms with Crippen LogP contribution in [0.25, 0.3) is 0 Å². The molecule has 3 aliphatic rings. The van der Waals surface area contributed by atoms with Gasteiger partial charge in [0.2, 0.25) is 5.79 Å². The van der Waals surface area contributed by atoms with Crippen LogP contribution in [-0.4, -0.2) is 42.2 Å². The van der Waals surface area contributed by atoms with Crippen LogP contribution in [0.15, 0.2) is 17.9 Å². The van der Waals surface area contributed by atoms with Crippen LogP contribution in [-0.2, 0) is 14.2 Å². The number of rotatable bonds is 1. The fourth-order valence-electron chi connectivity index (χ4n) is 3.36. The van der Waals surface area contributed by atoms with E-state index >= 15 is 0 Å². The average Bonchev–Trinajstić information content (AvgIpc) is 2.95. The van der Waals surface area contributed by atoms with Gasteiger partial charge in [-0.1, -0.05) is 6.58 Å². The molecule has 6 nitrogen and oxygen atoms in total. The first-order valence-corrected chi connectivity index (χ1v) is 6.09. The molecule has 2 saturated heterocycles. The highest BCUT2D eigenvalue weighted by Gasteiger charge is 2.70. The standard InChI is InChI=1S/C12H15NO5/c1-2-9-8-16-10-11(9,13(14)15)4-3-5-12(10)17-6-7-18-12/h10H,1,3-8H2/t10-,11-/m0/s1. The summed E-state index contributed by atoms with van der Waals surface area (Å²) in [6.45, 7) is 4.65. The van der Waals surface area contributed by atoms with E-state index in [0.29, 0.717) is 38.0 Å². The normalized spacial score (nSPS) is 37.6. The SMILES string of the molecule is C=C=C1CO[C@@H]2C3(CCC[C@]12[N+](=O)[O-])OCCO3. The third-order valence-electron chi connectivity index (χ3n) is 4.15. The largest absolute Gasteiger partial charge is 0.359 e. The Kier molecular flexibility index (Phi) is 2.57. The molecule has 1 spiro atoms. The third kappa shape index (κ3) is 1.29. The van der Waals surface area contributed by atoms with Crippen LogP contribution in [0.5, 0.6) is 0 Å². The molecule has 0 aromatic rings. The molecule has 0 amide bonds. The van der Waals surface area contributed by atoms with Gasteiger partial charge in [0.05, 0.1) is 25.4 Å². The number of fused-ring (bicyclic) bond motifs is 2. The minimum Gasteiger partial charge on any atom is -0.359 e. The Morgan fingerprint density at radius 1 is 1.39 bits per heavy atom. The number of hydrogen-bond donors (Lipinski definition) is 0. The highest BCUT2D eigenvalue weighted by atomic mass is 16.8. The van der Waals surface area contributed by atoms with Crippen LogP contribution in [0.3, 0.4) is 0 Å². The lowest BCUT2D eigenvalue weighted by molar-refractivity contribution is -0.578. The van der Waals surface area contributed by atoms with Gasteiger partial charge in [0.25, 0.3) is 5.54 Å². The van der Waals surface area contributed by atoms with E-state index in [-0.39, 0.29) is 11.5 Å². The monoisotopic (exact) mass is 253 g/mol. The van der Waals surface area contributed by atoms with E-state index in [1.54, 1.807) is 0 Å². The summed E-state index contributed by atoms with van der Waals surface area (Å²) in [5.74, 6) is -0.954. The van der Waals surface area contributed by atoms with Crippen molar-refractivity contribution in [3.8, 4) is 0 Å². The fourth-order valence-corrected chi connectivity index (χ4v) is 3.36. The van der Waals surface area contributed by atoms with E-state index in [1.165, 1.54) is 0 Å². The fraction of sp³-hybridized carbons (Fsp3) is 0.750. The smallest absolute Gasteiger partial charge is 0.283 e. The Labute approximate surface area is 104 Å². The highest BCUT2D eigenvalue weighted by Crippen LogP contribution is 2.50. The van der Waals surface area contributed by atoms with Gasteiger partial charge in [0.15, 0.2) is 6.10 Å². The van der Waals surface area contributed by atoms with Crippen LogP contribution in [0.2, 0.25) is 0 Å². The molecule has 0 aromatic heterocycles. The number of ether oxygens (including phenoxy) is 3. The van der Waals surface area contributed by atoms with Gasteiger partial charge in [-0.15, -0.1) is 5.73 Å². The molecule has 1 aliphatic carbocycles. The number of hydrogen-bond acceptors (Lipinski definition) is 5. The topological polar surface area (TPSA) is 70.8 Å². The van der Waals surface area contributed by atoms with Crippen molar-refractivity contribution in [2.24, 2.45) is 0 Å². The summed E-state index contributed by atoms with van der Waals surface area (Å²) < 4.78 is 16.9. The molecule has 0 radical (unpaired) electrons. The Bertz CT molecular complexity index is 436. The van der Waals surface area contributed by atoms with Crippen molar-refractivity contribution in [3.63, 3.8) is 0 Å². The van der Waals surface area contributed by atoms with E-state index in [4.69, 9.17) is 14.2 Å². The minimum absolute atomic E-state index is 0.184. The van der Waals surface area contributed by atoms with Gasteiger partial charge >= 0.3 is 0 Å². The van der Waals surface area contributed by atoms with Crippen LogP contribution in [0.1, 0.15) is 19.3 Å². The van der Waals surface area contributed by atoms with E-state index < -0.39 is 17.4 Å². The molecule has 0 bridgehead atoms. The quantitative estimate of drug-likeness (QED) is 0.396. The molecule has 2 heterocycles. The van der Waals surface area contributed by atoms with Crippen LogP contribution in [0, 0.1) is 10.1 Å². The summed E-state index contributed by atoms with van der Waals surface area (Å²) in [6.07, 6.45) is 1.04. The Morgan fingerprint density at radius 3 is 2.72 bits per heavy atom. The minimum atomic E-state index is -1.27. The molecule has 6 heteroatoms. The summed E-state index contributed by atoms with van der Waals surface area (Å²) in [5.41, 5.74) is 1.92. The van der Waals surface area contributed by atoms with Crippen molar-refractivity contribution in [3.05, 3.63) is 28.0 Å². The molecule has 2 aliphatic heterocycles. The van der Waals surface area contributed by atoms with Crippen LogP contribution >= 0.6 is 0 Å². The highest BCUT2D eigenvalue weighted by molar-refractivity contribution is 5.27. The van der Waals surface area contributed by atoms with Crippen LogP contribution < -0.4 is 0 Å². The zero-order chi connectivity index (χ0) is 12.8. The zero-order valence-electron chi connectivity index (χ0n) is 10.0. The average molecular weight is 253 g/mol. The first-order chi connectivity index (χ1) is 8.66. The number of nitro groups is 1. The Hall–Kier alpha value is -1.20. The summed E-state index contributed by atoms with van der Waals surface area (Å²) in [4.78, 5) is 11.3. The molecule has 0 aromatic carbocycles. The molecule has 3 rings (SSSR count). The number of nitrogens with zero attached hydrogens (tertiary/aromatic N) is 1. The predicted octanol–water partition coefficient (Wildman–Crippen LogP) is 1.04. The molecular weight excluding hydrogens is 238 g/mol. The second-order valence-corrected chi connectivity index (χ2v) is 4.89. The van der Waals surface area contributed by atoms with Gasteiger partial charge < -0.3 is 14.2 Å². The van der Waals surface area contributed by atoms with E-state index in [2.05, 4.69) is 12.3 Å². The summed E-state index contributed by atoms with van der Waals surface area (Å²) >= 11 is 0. The van der Waals surface area contributed by atoms with Crippen molar-refractivity contribution >= 4 is 0 Å². The van der Waals surface area contributed by atoms with E-state index in [1.807, 2.05) is 0 Å². The van der Waals surface area contributed by atoms with Gasteiger partial charge in [-0.3, -0.25) is 10.1 Å². The van der Waals surface area contributed by atoms with Gasteiger partial charge in [-0.25, -0.2) is 0 Å². The predicted molar refractivity (Wildman–Crippen MR) is 60.6 cm³/mol. The van der Waals surface area contributed by atoms with Crippen molar-refractivity contribution < 1.29 is 19.1 Å². The first-order valence-electron chi connectivity index (χ1n) is 6.09. The molecule has 98 valence electrons. The lowest BCUT2D eigenvalue weighted by atomic mass is 9.73. The van der Waals surface area contributed by atoms with Crippen molar-refractivity contribution in [1.29, 1.82) is 0 Å². The summed E-state index contributed by atoms with van der Waals surface area (Å²) in [5, 5.41) is 11.6. The first kappa shape index (κ1) is 11.9. The van der Waals surface area contributed by atoms with Gasteiger partial charge in [0, 0.05) is 17.8 Å². The van der Waals surface area contributed by atoms with Crippen molar-refractivity contribution in [1.82, 2.24) is 0 Å². The molecular formula is C12H15NO5. The molecule has 1 saturated carbocycles. The molecule has 2 atom stereocenters. The van der Waals surface area contributed by atoms with E-state index in [9.17, 15) is 10.1 Å². The third-order valence-corrected chi connectivity index (χ3v) is 4.15. The maximum absolute atomic E-state index is 11.6. The van der Waals surface area contributed by atoms with Crippen molar-refractivity contribution in [2.75, 3.05) is 19.8 Å². The van der Waals surface area contributed by atoms with Gasteiger partial charge in [-0.05, 0) is 6.42 Å². The van der Waals surface area contributed by atoms with Gasteiger partial charge in [-0.2, -0.15) is 0 Å². The zero-order valence-corrected chi connectivity index (χ0v) is 10.0. The van der Waals surface area contributed by atoms with Crippen molar-refractivity contribution in [2.45, 2.75) is 36.7 Å². The molecule has 0 N–H and O–H groups in total. The molecule has 0 unspecified atom stereocenters.